The van der Waals surface area contributed by atoms with Crippen LogP contribution in [0.4, 0.5) is 0 Å². The van der Waals surface area contributed by atoms with Gasteiger partial charge in [0.25, 0.3) is 15.9 Å². The molecule has 2 heterocycles. The average Bonchev–Trinajstić information content (AvgIpc) is 3.08. The number of ketones is 1. The first kappa shape index (κ1) is 19.6. The van der Waals surface area contributed by atoms with E-state index in [1.807, 2.05) is 35.8 Å². The van der Waals surface area contributed by atoms with E-state index >= 15 is 0 Å². The summed E-state index contributed by atoms with van der Waals surface area (Å²) in [4.78, 5) is 25.5. The van der Waals surface area contributed by atoms with Crippen LogP contribution in [0.25, 0.3) is 5.69 Å². The number of fused-ring (bicyclic) bond motifs is 1. The molecule has 0 N–H and O–H groups in total. The molecule has 1 aliphatic heterocycles. The van der Waals surface area contributed by atoms with E-state index in [1.54, 1.807) is 25.1 Å². The minimum atomic E-state index is -4.02. The molecule has 0 saturated heterocycles. The third kappa shape index (κ3) is 3.12. The van der Waals surface area contributed by atoms with E-state index in [4.69, 9.17) is 0 Å². The largest absolute Gasteiger partial charge is 0.318 e. The monoisotopic (exact) mass is 472 g/mol. The predicted molar refractivity (Wildman–Crippen MR) is 112 cm³/mol. The van der Waals surface area contributed by atoms with Crippen molar-refractivity contribution < 1.29 is 18.0 Å². The summed E-state index contributed by atoms with van der Waals surface area (Å²) < 4.78 is 28.9. The van der Waals surface area contributed by atoms with E-state index in [0.717, 1.165) is 15.9 Å². The number of sulfonamides is 1. The second-order valence-corrected chi connectivity index (χ2v) is 9.58. The van der Waals surface area contributed by atoms with Gasteiger partial charge in [0.05, 0.1) is 5.56 Å². The highest BCUT2D eigenvalue weighted by atomic mass is 79.9. The zero-order chi connectivity index (χ0) is 20.9. The Hall–Kier alpha value is -2.71. The smallest absolute Gasteiger partial charge is 0.269 e. The maximum absolute atomic E-state index is 13.0. The van der Waals surface area contributed by atoms with Crippen molar-refractivity contribution in [2.75, 3.05) is 6.54 Å². The Morgan fingerprint density at radius 2 is 1.76 bits per heavy atom. The molecule has 2 aromatic carbocycles. The molecule has 0 saturated carbocycles. The summed E-state index contributed by atoms with van der Waals surface area (Å²) in [5.74, 6) is -1.10. The summed E-state index contributed by atoms with van der Waals surface area (Å²) in [6.07, 6.45) is 0. The van der Waals surface area contributed by atoms with Crippen LogP contribution in [-0.4, -0.2) is 35.5 Å². The Kier molecular flexibility index (Phi) is 4.71. The molecule has 0 unspecified atom stereocenters. The number of Topliss-reactive ketones (excluding diaryl/α,β-unsaturated/α-hetero) is 1. The molecule has 3 aromatic rings. The van der Waals surface area contributed by atoms with E-state index < -0.39 is 28.3 Å². The van der Waals surface area contributed by atoms with Crippen LogP contribution in [0.2, 0.25) is 0 Å². The lowest BCUT2D eigenvalue weighted by Crippen LogP contribution is -2.35. The van der Waals surface area contributed by atoms with Crippen molar-refractivity contribution in [1.82, 2.24) is 8.87 Å². The number of aryl methyl sites for hydroxylation is 1. The Labute approximate surface area is 176 Å². The lowest BCUT2D eigenvalue weighted by atomic mass is 10.1. The molecular formula is C21H17BrN2O4S. The van der Waals surface area contributed by atoms with E-state index in [2.05, 4.69) is 15.9 Å². The van der Waals surface area contributed by atoms with Gasteiger partial charge in [0.1, 0.15) is 11.4 Å². The topological polar surface area (TPSA) is 76.5 Å². The number of carbonyl (C=O) groups is 2. The third-order valence-electron chi connectivity index (χ3n) is 5.00. The molecule has 0 spiro atoms. The molecule has 1 amide bonds. The minimum absolute atomic E-state index is 0.0580. The highest BCUT2D eigenvalue weighted by molar-refractivity contribution is 9.10. The van der Waals surface area contributed by atoms with Crippen molar-refractivity contribution in [3.8, 4) is 5.69 Å². The van der Waals surface area contributed by atoms with Gasteiger partial charge in [0, 0.05) is 27.1 Å². The maximum atomic E-state index is 13.0. The van der Waals surface area contributed by atoms with Gasteiger partial charge in [0.15, 0.2) is 5.78 Å². The number of carbonyl (C=O) groups excluding carboxylic acids is 2. The van der Waals surface area contributed by atoms with Crippen molar-refractivity contribution in [3.63, 3.8) is 0 Å². The first-order valence-corrected chi connectivity index (χ1v) is 11.1. The minimum Gasteiger partial charge on any atom is -0.318 e. The van der Waals surface area contributed by atoms with Gasteiger partial charge in [-0.15, -0.1) is 0 Å². The van der Waals surface area contributed by atoms with Gasteiger partial charge < -0.3 is 4.57 Å². The average molecular weight is 473 g/mol. The number of nitrogens with zero attached hydrogens (tertiary/aromatic N) is 2. The molecule has 0 fully saturated rings. The van der Waals surface area contributed by atoms with Gasteiger partial charge >= 0.3 is 0 Å². The summed E-state index contributed by atoms with van der Waals surface area (Å²) in [7, 11) is -4.02. The van der Waals surface area contributed by atoms with E-state index in [9.17, 15) is 18.0 Å². The molecule has 4 rings (SSSR count). The van der Waals surface area contributed by atoms with Crippen LogP contribution in [0.15, 0.2) is 64.0 Å². The number of aromatic nitrogens is 1. The summed E-state index contributed by atoms with van der Waals surface area (Å²) in [6, 6.07) is 15.4. The van der Waals surface area contributed by atoms with Gasteiger partial charge in [-0.3, -0.25) is 9.59 Å². The summed E-state index contributed by atoms with van der Waals surface area (Å²) in [6.45, 7) is 3.15. The highest BCUT2D eigenvalue weighted by Crippen LogP contribution is 2.31. The van der Waals surface area contributed by atoms with Crippen molar-refractivity contribution in [1.29, 1.82) is 0 Å². The molecular weight excluding hydrogens is 456 g/mol. The Morgan fingerprint density at radius 3 is 2.45 bits per heavy atom. The molecule has 6 nitrogen and oxygen atoms in total. The lowest BCUT2D eigenvalue weighted by molar-refractivity contribution is 0.0820. The zero-order valence-electron chi connectivity index (χ0n) is 15.7. The maximum Gasteiger partial charge on any atom is 0.269 e. The molecule has 0 aliphatic carbocycles. The first-order chi connectivity index (χ1) is 13.7. The standard InChI is InChI=1S/C21H17BrN2O4S/c1-13-10-18(14(2)24(13)16-7-5-6-15(22)11-16)19(25)12-23-21(26)17-8-3-4-9-20(17)29(23,27)28/h3-11H,12H2,1-2H3. The van der Waals surface area contributed by atoms with Crippen LogP contribution in [0.1, 0.15) is 32.1 Å². The fourth-order valence-electron chi connectivity index (χ4n) is 3.66. The van der Waals surface area contributed by atoms with E-state index in [-0.39, 0.29) is 10.5 Å². The summed E-state index contributed by atoms with van der Waals surface area (Å²) in [5.41, 5.74) is 2.89. The Balaban J connectivity index is 1.69. The van der Waals surface area contributed by atoms with Crippen molar-refractivity contribution in [2.24, 2.45) is 0 Å². The van der Waals surface area contributed by atoms with Gasteiger partial charge in [-0.1, -0.05) is 34.1 Å². The van der Waals surface area contributed by atoms with Crippen LogP contribution in [0, 0.1) is 13.8 Å². The summed E-state index contributed by atoms with van der Waals surface area (Å²) in [5, 5.41) is 0. The summed E-state index contributed by atoms with van der Waals surface area (Å²) >= 11 is 3.44. The molecule has 0 atom stereocenters. The van der Waals surface area contributed by atoms with Crippen LogP contribution < -0.4 is 0 Å². The van der Waals surface area contributed by atoms with Crippen molar-refractivity contribution in [2.45, 2.75) is 18.7 Å². The number of hydrogen-bond donors (Lipinski definition) is 0. The van der Waals surface area contributed by atoms with Crippen LogP contribution in [0.3, 0.4) is 0 Å². The molecule has 29 heavy (non-hydrogen) atoms. The fraction of sp³-hybridized carbons (Fsp3) is 0.143. The van der Waals surface area contributed by atoms with Crippen LogP contribution in [0.5, 0.6) is 0 Å². The van der Waals surface area contributed by atoms with E-state index in [1.165, 1.54) is 12.1 Å². The zero-order valence-corrected chi connectivity index (χ0v) is 18.1. The first-order valence-electron chi connectivity index (χ1n) is 8.86. The number of hydrogen-bond acceptors (Lipinski definition) is 4. The second kappa shape index (κ2) is 6.96. The Morgan fingerprint density at radius 1 is 1.03 bits per heavy atom. The van der Waals surface area contributed by atoms with Gasteiger partial charge in [-0.25, -0.2) is 12.7 Å². The SMILES string of the molecule is Cc1cc(C(=O)CN2C(=O)c3ccccc3S2(=O)=O)c(C)n1-c1cccc(Br)c1. The molecule has 148 valence electrons. The predicted octanol–water partition coefficient (Wildman–Crippen LogP) is 3.88. The normalized spacial score (nSPS) is 14.9. The molecule has 1 aromatic heterocycles. The number of halogens is 1. The lowest BCUT2D eigenvalue weighted by Gasteiger charge is -2.14. The molecule has 1 aliphatic rings. The number of rotatable bonds is 4. The highest BCUT2D eigenvalue weighted by Gasteiger charge is 2.42. The second-order valence-electron chi connectivity index (χ2n) is 6.84. The quantitative estimate of drug-likeness (QED) is 0.539. The van der Waals surface area contributed by atoms with Crippen LogP contribution >= 0.6 is 15.9 Å². The number of amides is 1. The number of benzene rings is 2. The van der Waals surface area contributed by atoms with E-state index in [0.29, 0.717) is 15.6 Å². The Bertz CT molecular complexity index is 1280. The molecule has 0 radical (unpaired) electrons. The molecule has 8 heteroatoms. The van der Waals surface area contributed by atoms with Gasteiger partial charge in [0.2, 0.25) is 0 Å². The van der Waals surface area contributed by atoms with Crippen molar-refractivity contribution in [3.05, 3.63) is 81.6 Å². The van der Waals surface area contributed by atoms with Crippen molar-refractivity contribution >= 4 is 37.6 Å². The van der Waals surface area contributed by atoms with Gasteiger partial charge in [-0.05, 0) is 50.2 Å². The fourth-order valence-corrected chi connectivity index (χ4v) is 5.57. The van der Waals surface area contributed by atoms with Crippen LogP contribution in [-0.2, 0) is 10.0 Å². The van der Waals surface area contributed by atoms with Gasteiger partial charge in [-0.2, -0.15) is 0 Å². The third-order valence-corrected chi connectivity index (χ3v) is 7.28. The molecule has 0 bridgehead atoms.